The fourth-order valence-electron chi connectivity index (χ4n) is 4.27. The van der Waals surface area contributed by atoms with Crippen molar-refractivity contribution < 1.29 is 4.79 Å². The first kappa shape index (κ1) is 17.7. The Bertz CT molecular complexity index is 808. The van der Waals surface area contributed by atoms with Crippen molar-refractivity contribution >= 4 is 28.4 Å². The molecule has 2 saturated heterocycles. The number of halogens is 1. The first-order chi connectivity index (χ1) is 12.6. The van der Waals surface area contributed by atoms with Crippen LogP contribution in [0.5, 0.6) is 0 Å². The highest BCUT2D eigenvalue weighted by atomic mass is 35.5. The van der Waals surface area contributed by atoms with Gasteiger partial charge in [0, 0.05) is 30.9 Å². The first-order valence-electron chi connectivity index (χ1n) is 9.68. The van der Waals surface area contributed by atoms with Crippen molar-refractivity contribution in [3.63, 3.8) is 0 Å². The van der Waals surface area contributed by atoms with Gasteiger partial charge in [-0.25, -0.2) is 4.98 Å². The molecule has 2 aliphatic rings. The predicted molar refractivity (Wildman–Crippen MR) is 105 cm³/mol. The molecule has 2 aliphatic heterocycles. The van der Waals surface area contributed by atoms with Crippen LogP contribution in [-0.4, -0.2) is 46.9 Å². The summed E-state index contributed by atoms with van der Waals surface area (Å²) in [6, 6.07) is 8.16. The van der Waals surface area contributed by atoms with Gasteiger partial charge in [0.05, 0.1) is 16.2 Å². The number of benzene rings is 1. The number of fused-ring (bicyclic) bond motifs is 1. The smallest absolute Gasteiger partial charge is 0.225 e. The Kier molecular flexibility index (Phi) is 5.14. The molecule has 0 saturated carbocycles. The van der Waals surface area contributed by atoms with Crippen LogP contribution in [0.25, 0.3) is 10.9 Å². The summed E-state index contributed by atoms with van der Waals surface area (Å²) in [6.07, 6.45) is 4.21. The quantitative estimate of drug-likeness (QED) is 0.817. The van der Waals surface area contributed by atoms with E-state index < -0.39 is 0 Å². The van der Waals surface area contributed by atoms with Gasteiger partial charge >= 0.3 is 0 Å². The Balaban J connectivity index is 1.42. The van der Waals surface area contributed by atoms with Gasteiger partial charge in [0.1, 0.15) is 0 Å². The van der Waals surface area contributed by atoms with E-state index in [-0.39, 0.29) is 5.92 Å². The molecule has 4 rings (SSSR count). The molecule has 0 spiro atoms. The minimum absolute atomic E-state index is 0.200. The molecule has 1 amide bonds. The number of piperidine rings is 1. The van der Waals surface area contributed by atoms with E-state index in [2.05, 4.69) is 22.8 Å². The minimum atomic E-state index is 0.200. The molecule has 0 atom stereocenters. The Morgan fingerprint density at radius 3 is 2.58 bits per heavy atom. The molecule has 0 N–H and O–H groups in total. The third kappa shape index (κ3) is 3.45. The van der Waals surface area contributed by atoms with Crippen LogP contribution in [0, 0.1) is 12.8 Å². The molecule has 4 nitrogen and oxygen atoms in total. The second kappa shape index (κ2) is 7.53. The number of rotatable bonds is 3. The summed E-state index contributed by atoms with van der Waals surface area (Å²) in [6.45, 7) is 6.61. The SMILES string of the molecule is Cc1c(Cl)c(CN2CCC(C(=O)N3CCCC3)CC2)nc2ccccc12. The second-order valence-electron chi connectivity index (χ2n) is 7.60. The highest BCUT2D eigenvalue weighted by Crippen LogP contribution is 2.29. The number of likely N-dealkylation sites (tertiary alicyclic amines) is 2. The van der Waals surface area contributed by atoms with Crippen LogP contribution < -0.4 is 0 Å². The van der Waals surface area contributed by atoms with E-state index in [0.29, 0.717) is 5.91 Å². The van der Waals surface area contributed by atoms with Gasteiger partial charge in [-0.1, -0.05) is 29.8 Å². The number of nitrogens with zero attached hydrogens (tertiary/aromatic N) is 3. The molecule has 2 aromatic rings. The fraction of sp³-hybridized carbons (Fsp3) is 0.524. The van der Waals surface area contributed by atoms with Crippen LogP contribution in [0.2, 0.25) is 5.02 Å². The van der Waals surface area contributed by atoms with Crippen LogP contribution in [0.3, 0.4) is 0 Å². The van der Waals surface area contributed by atoms with Crippen LogP contribution in [0.4, 0.5) is 0 Å². The van der Waals surface area contributed by atoms with Crippen molar-refractivity contribution in [3.05, 3.63) is 40.5 Å². The number of para-hydroxylation sites is 1. The Labute approximate surface area is 160 Å². The number of hydrogen-bond acceptors (Lipinski definition) is 3. The lowest BCUT2D eigenvalue weighted by Crippen LogP contribution is -2.41. The number of carbonyl (C=O) groups excluding carboxylic acids is 1. The molecule has 2 fully saturated rings. The first-order valence-corrected chi connectivity index (χ1v) is 10.1. The van der Waals surface area contributed by atoms with Gasteiger partial charge in [-0.2, -0.15) is 0 Å². The lowest BCUT2D eigenvalue weighted by molar-refractivity contribution is -0.136. The summed E-state index contributed by atoms with van der Waals surface area (Å²) >= 11 is 6.61. The van der Waals surface area contributed by atoms with Crippen LogP contribution in [0.15, 0.2) is 24.3 Å². The van der Waals surface area contributed by atoms with E-state index in [0.717, 1.165) is 85.6 Å². The molecule has 0 unspecified atom stereocenters. The maximum absolute atomic E-state index is 12.6. The van der Waals surface area contributed by atoms with E-state index in [9.17, 15) is 4.79 Å². The lowest BCUT2D eigenvalue weighted by atomic mass is 9.95. The number of hydrogen-bond donors (Lipinski definition) is 0. The zero-order valence-electron chi connectivity index (χ0n) is 15.4. The molecule has 1 aromatic carbocycles. The van der Waals surface area contributed by atoms with Crippen molar-refractivity contribution in [1.82, 2.24) is 14.8 Å². The normalized spacial score (nSPS) is 19.4. The standard InChI is InChI=1S/C21H26ClN3O/c1-15-17-6-2-3-7-18(17)23-19(20(15)22)14-24-12-8-16(9-13-24)21(26)25-10-4-5-11-25/h2-3,6-7,16H,4-5,8-14H2,1H3. The average Bonchev–Trinajstić information content (AvgIpc) is 3.21. The number of amides is 1. The molecule has 3 heterocycles. The summed E-state index contributed by atoms with van der Waals surface area (Å²) < 4.78 is 0. The Morgan fingerprint density at radius 1 is 1.15 bits per heavy atom. The summed E-state index contributed by atoms with van der Waals surface area (Å²) in [7, 11) is 0. The van der Waals surface area contributed by atoms with Crippen LogP contribution >= 0.6 is 11.6 Å². The lowest BCUT2D eigenvalue weighted by Gasteiger charge is -2.33. The highest BCUT2D eigenvalue weighted by Gasteiger charge is 2.30. The average molecular weight is 372 g/mol. The molecular formula is C21H26ClN3O. The number of aromatic nitrogens is 1. The topological polar surface area (TPSA) is 36.4 Å². The number of pyridine rings is 1. The number of aryl methyl sites for hydroxylation is 1. The van der Waals surface area contributed by atoms with E-state index >= 15 is 0 Å². The van der Waals surface area contributed by atoms with Crippen LogP contribution in [0.1, 0.15) is 36.9 Å². The minimum Gasteiger partial charge on any atom is -0.342 e. The van der Waals surface area contributed by atoms with E-state index in [1.807, 2.05) is 18.2 Å². The van der Waals surface area contributed by atoms with E-state index in [1.54, 1.807) is 0 Å². The Morgan fingerprint density at radius 2 is 1.85 bits per heavy atom. The second-order valence-corrected chi connectivity index (χ2v) is 7.98. The van der Waals surface area contributed by atoms with Crippen molar-refractivity contribution in [1.29, 1.82) is 0 Å². The summed E-state index contributed by atoms with van der Waals surface area (Å²) in [4.78, 5) is 21.8. The molecule has 0 aliphatic carbocycles. The third-order valence-corrected chi connectivity index (χ3v) is 6.38. The molecule has 138 valence electrons. The van der Waals surface area contributed by atoms with Gasteiger partial charge < -0.3 is 4.90 Å². The number of carbonyl (C=O) groups is 1. The van der Waals surface area contributed by atoms with Gasteiger partial charge in [-0.15, -0.1) is 0 Å². The summed E-state index contributed by atoms with van der Waals surface area (Å²) in [5.41, 5.74) is 3.06. The van der Waals surface area contributed by atoms with Gasteiger partial charge in [-0.3, -0.25) is 9.69 Å². The zero-order chi connectivity index (χ0) is 18.1. The van der Waals surface area contributed by atoms with E-state index in [1.165, 1.54) is 0 Å². The monoisotopic (exact) mass is 371 g/mol. The van der Waals surface area contributed by atoms with Gasteiger partial charge in [0.15, 0.2) is 0 Å². The maximum atomic E-state index is 12.6. The molecule has 1 aromatic heterocycles. The zero-order valence-corrected chi connectivity index (χ0v) is 16.1. The van der Waals surface area contributed by atoms with Gasteiger partial charge in [0.2, 0.25) is 5.91 Å². The van der Waals surface area contributed by atoms with Crippen molar-refractivity contribution in [2.45, 2.75) is 39.2 Å². The molecule has 26 heavy (non-hydrogen) atoms. The van der Waals surface area contributed by atoms with Crippen molar-refractivity contribution in [2.75, 3.05) is 26.2 Å². The van der Waals surface area contributed by atoms with Crippen LogP contribution in [-0.2, 0) is 11.3 Å². The van der Waals surface area contributed by atoms with Gasteiger partial charge in [-0.05, 0) is 57.3 Å². The third-order valence-electron chi connectivity index (χ3n) is 5.87. The highest BCUT2D eigenvalue weighted by molar-refractivity contribution is 6.32. The van der Waals surface area contributed by atoms with Gasteiger partial charge in [0.25, 0.3) is 0 Å². The summed E-state index contributed by atoms with van der Waals surface area (Å²) in [5.74, 6) is 0.575. The molecule has 0 bridgehead atoms. The largest absolute Gasteiger partial charge is 0.342 e. The van der Waals surface area contributed by atoms with E-state index in [4.69, 9.17) is 16.6 Å². The Hall–Kier alpha value is -1.65. The van der Waals surface area contributed by atoms with Crippen molar-refractivity contribution in [2.24, 2.45) is 5.92 Å². The fourth-order valence-corrected chi connectivity index (χ4v) is 4.47. The van der Waals surface area contributed by atoms with Crippen molar-refractivity contribution in [3.8, 4) is 0 Å². The predicted octanol–water partition coefficient (Wildman–Crippen LogP) is 4.03. The molecular weight excluding hydrogens is 346 g/mol. The maximum Gasteiger partial charge on any atom is 0.225 e. The molecule has 5 heteroatoms. The molecule has 0 radical (unpaired) electrons. The summed E-state index contributed by atoms with van der Waals surface area (Å²) in [5, 5.41) is 1.90.